The summed E-state index contributed by atoms with van der Waals surface area (Å²) >= 11 is 1.88. The third-order valence-corrected chi connectivity index (χ3v) is 15.4. The predicted molar refractivity (Wildman–Crippen MR) is 274 cm³/mol. The van der Waals surface area contributed by atoms with Crippen molar-refractivity contribution in [2.24, 2.45) is 0 Å². The summed E-state index contributed by atoms with van der Waals surface area (Å²) in [6, 6.07) is 73.6. The zero-order valence-corrected chi connectivity index (χ0v) is 35.9. The van der Waals surface area contributed by atoms with Crippen molar-refractivity contribution in [1.82, 2.24) is 13.7 Å². The highest BCUT2D eigenvalue weighted by molar-refractivity contribution is 7.26. The highest BCUT2D eigenvalue weighted by atomic mass is 32.1. The number of para-hydroxylation sites is 6. The van der Waals surface area contributed by atoms with Gasteiger partial charge in [0.1, 0.15) is 5.58 Å². The monoisotopic (exact) mass is 847 g/mol. The van der Waals surface area contributed by atoms with E-state index in [9.17, 15) is 0 Å². The Morgan fingerprint density at radius 1 is 0.415 bits per heavy atom. The summed E-state index contributed by atoms with van der Waals surface area (Å²) in [5.41, 5.74) is 14.0. The van der Waals surface area contributed by atoms with Gasteiger partial charge in [0.05, 0.1) is 44.2 Å². The first-order valence-corrected chi connectivity index (χ1v) is 23.2. The molecule has 0 N–H and O–H groups in total. The van der Waals surface area contributed by atoms with Crippen molar-refractivity contribution in [3.63, 3.8) is 0 Å². The number of allylic oxidation sites excluding steroid dienone is 1. The van der Waals surface area contributed by atoms with Crippen molar-refractivity contribution in [2.75, 3.05) is 0 Å². The van der Waals surface area contributed by atoms with E-state index in [0.29, 0.717) is 0 Å². The van der Waals surface area contributed by atoms with E-state index in [2.05, 4.69) is 220 Å². The summed E-state index contributed by atoms with van der Waals surface area (Å²) in [4.78, 5) is 0. The van der Waals surface area contributed by atoms with Gasteiger partial charge in [0, 0.05) is 76.2 Å². The lowest BCUT2D eigenvalue weighted by Gasteiger charge is -2.25. The number of rotatable bonds is 4. The highest BCUT2D eigenvalue weighted by Gasteiger charge is 2.31. The van der Waals surface area contributed by atoms with Gasteiger partial charge in [-0.2, -0.15) is 0 Å². The summed E-state index contributed by atoms with van der Waals surface area (Å²) in [6.45, 7) is 0. The average Bonchev–Trinajstić information content (AvgIpc) is 4.17. The number of hydrogen-bond donors (Lipinski definition) is 0. The minimum absolute atomic E-state index is 0.0158. The highest BCUT2D eigenvalue weighted by Crippen LogP contribution is 2.47. The molecule has 0 bridgehead atoms. The lowest BCUT2D eigenvalue weighted by atomic mass is 9.92. The number of furan rings is 1. The molecule has 0 aliphatic heterocycles. The zero-order chi connectivity index (χ0) is 42.3. The fourth-order valence-electron chi connectivity index (χ4n) is 11.4. The predicted octanol–water partition coefficient (Wildman–Crippen LogP) is 16.5. The molecule has 0 fully saturated rings. The second kappa shape index (κ2) is 13.2. The first kappa shape index (κ1) is 35.4. The normalized spacial score (nSPS) is 14.3. The second-order valence-corrected chi connectivity index (χ2v) is 18.6. The molecular formula is C60H37N3OS. The molecule has 1 aliphatic rings. The first-order chi connectivity index (χ1) is 32.2. The Morgan fingerprint density at radius 2 is 0.892 bits per heavy atom. The summed E-state index contributed by atoms with van der Waals surface area (Å²) in [6.07, 6.45) is 3.26. The maximum atomic E-state index is 7.15. The average molecular weight is 848 g/mol. The van der Waals surface area contributed by atoms with Gasteiger partial charge in [0.25, 0.3) is 0 Å². The molecule has 65 heavy (non-hydrogen) atoms. The van der Waals surface area contributed by atoms with E-state index in [0.717, 1.165) is 28.8 Å². The van der Waals surface area contributed by atoms with Crippen molar-refractivity contribution in [2.45, 2.75) is 12.5 Å². The molecule has 0 radical (unpaired) electrons. The minimum atomic E-state index is 0.0158. The molecule has 5 aromatic heterocycles. The van der Waals surface area contributed by atoms with Crippen molar-refractivity contribution in [1.29, 1.82) is 0 Å². The van der Waals surface area contributed by atoms with E-state index in [1.807, 2.05) is 11.3 Å². The van der Waals surface area contributed by atoms with Gasteiger partial charge in [-0.1, -0.05) is 133 Å². The van der Waals surface area contributed by atoms with E-state index in [1.165, 1.54) is 108 Å². The zero-order valence-electron chi connectivity index (χ0n) is 35.1. The maximum Gasteiger partial charge on any atom is 0.155 e. The molecule has 304 valence electrons. The summed E-state index contributed by atoms with van der Waals surface area (Å²) in [5, 5.41) is 11.3. The molecule has 5 heterocycles. The number of nitrogens with zero attached hydrogens (tertiary/aromatic N) is 3. The number of benzene rings is 9. The molecule has 1 aliphatic carbocycles. The summed E-state index contributed by atoms with van der Waals surface area (Å²) in [7, 11) is 0. The van der Waals surface area contributed by atoms with Gasteiger partial charge in [-0.15, -0.1) is 11.3 Å². The van der Waals surface area contributed by atoms with Crippen LogP contribution in [0.1, 0.15) is 17.4 Å². The van der Waals surface area contributed by atoms with Crippen LogP contribution in [0.15, 0.2) is 211 Å². The smallest absolute Gasteiger partial charge is 0.155 e. The Kier molecular flexibility index (Phi) is 7.18. The second-order valence-electron chi connectivity index (χ2n) is 17.6. The van der Waals surface area contributed by atoms with Crippen molar-refractivity contribution >= 4 is 114 Å². The molecule has 5 heteroatoms. The number of hydrogen-bond acceptors (Lipinski definition) is 2. The van der Waals surface area contributed by atoms with Crippen molar-refractivity contribution in [3.05, 3.63) is 218 Å². The van der Waals surface area contributed by atoms with Gasteiger partial charge >= 0.3 is 0 Å². The molecule has 0 spiro atoms. The topological polar surface area (TPSA) is 27.9 Å². The van der Waals surface area contributed by atoms with Crippen LogP contribution < -0.4 is 0 Å². The van der Waals surface area contributed by atoms with E-state index in [1.54, 1.807) is 0 Å². The number of aromatic nitrogens is 3. The first-order valence-electron chi connectivity index (χ1n) is 22.4. The minimum Gasteiger partial charge on any atom is -0.454 e. The van der Waals surface area contributed by atoms with Crippen molar-refractivity contribution < 1.29 is 4.42 Å². The van der Waals surface area contributed by atoms with Crippen LogP contribution in [-0.2, 0) is 6.42 Å². The molecule has 0 amide bonds. The van der Waals surface area contributed by atoms with Crippen LogP contribution in [0, 0.1) is 0 Å². The number of thiophene rings is 1. The van der Waals surface area contributed by atoms with E-state index in [-0.39, 0.29) is 6.04 Å². The summed E-state index contributed by atoms with van der Waals surface area (Å²) < 4.78 is 17.2. The van der Waals surface area contributed by atoms with Crippen LogP contribution in [0.5, 0.6) is 0 Å². The van der Waals surface area contributed by atoms with Gasteiger partial charge in [0.2, 0.25) is 0 Å². The SMILES string of the molecule is C1=C(n2c3ccccc3c3ccccc32)c2oc3ccc(-c4cc(-n5c6ccccc6c6ccccc65)c5sc6ccccc6c5c4)cc3c2CC1n1c2ccccc2c2ccccc21. The van der Waals surface area contributed by atoms with Gasteiger partial charge in [0.15, 0.2) is 5.76 Å². The standard InChI is InChI=1S/C60H37N3OS/c1-8-22-49-39(15-1)40-16-2-9-23-50(40)61(49)38-34-47-46-31-36(29-30-57(46)64-59(47)55(35-38)62-51-24-10-3-17-41(51)42-18-4-11-25-52(42)62)37-32-48-45-21-7-14-28-58(45)65-60(48)56(33-37)63-53-26-12-5-19-43(53)44-20-6-13-27-54(44)63/h1-33,35,38H,34H2. The van der Waals surface area contributed by atoms with Crippen molar-refractivity contribution in [3.8, 4) is 16.8 Å². The van der Waals surface area contributed by atoms with Crippen LogP contribution in [0.25, 0.3) is 119 Å². The third-order valence-electron chi connectivity index (χ3n) is 14.2. The molecule has 14 aromatic rings. The molecule has 1 unspecified atom stereocenters. The lowest BCUT2D eigenvalue weighted by Crippen LogP contribution is -2.16. The van der Waals surface area contributed by atoms with Gasteiger partial charge in [-0.25, -0.2) is 0 Å². The van der Waals surface area contributed by atoms with Gasteiger partial charge in [-0.3, -0.25) is 0 Å². The molecule has 0 saturated carbocycles. The molecular weight excluding hydrogens is 811 g/mol. The lowest BCUT2D eigenvalue weighted by molar-refractivity contribution is 0.561. The van der Waals surface area contributed by atoms with E-state index < -0.39 is 0 Å². The molecule has 9 aromatic carbocycles. The molecule has 1 atom stereocenters. The van der Waals surface area contributed by atoms with Crippen LogP contribution in [0.4, 0.5) is 0 Å². The quantitative estimate of drug-likeness (QED) is 0.173. The molecule has 15 rings (SSSR count). The fraction of sp³-hybridized carbons (Fsp3) is 0.0333. The Balaban J connectivity index is 0.999. The third kappa shape index (κ3) is 4.90. The molecule has 4 nitrogen and oxygen atoms in total. The molecule has 0 saturated heterocycles. The van der Waals surface area contributed by atoms with Crippen LogP contribution in [0.3, 0.4) is 0 Å². The van der Waals surface area contributed by atoms with Gasteiger partial charge < -0.3 is 18.1 Å². The van der Waals surface area contributed by atoms with Gasteiger partial charge in [-0.05, 0) is 83.9 Å². The summed E-state index contributed by atoms with van der Waals surface area (Å²) in [5.74, 6) is 0.936. The Labute approximate surface area is 376 Å². The number of fused-ring (bicyclic) bond motifs is 15. The Bertz CT molecular complexity index is 4200. The van der Waals surface area contributed by atoms with Crippen LogP contribution in [-0.4, -0.2) is 13.7 Å². The van der Waals surface area contributed by atoms with E-state index >= 15 is 0 Å². The fourth-order valence-corrected chi connectivity index (χ4v) is 12.6. The largest absolute Gasteiger partial charge is 0.454 e. The maximum absolute atomic E-state index is 7.15. The Morgan fingerprint density at radius 3 is 1.48 bits per heavy atom. The Hall–Kier alpha value is -8.12. The van der Waals surface area contributed by atoms with Crippen LogP contribution >= 0.6 is 11.3 Å². The van der Waals surface area contributed by atoms with Crippen LogP contribution in [0.2, 0.25) is 0 Å². The van der Waals surface area contributed by atoms with E-state index in [4.69, 9.17) is 4.42 Å².